The van der Waals surface area contributed by atoms with Crippen LogP contribution in [0.5, 0.6) is 0 Å². The zero-order valence-electron chi connectivity index (χ0n) is 16.4. The molecule has 3 saturated heterocycles. The zero-order valence-corrected chi connectivity index (χ0v) is 16.4. The van der Waals surface area contributed by atoms with Gasteiger partial charge in [0.25, 0.3) is 0 Å². The van der Waals surface area contributed by atoms with Crippen LogP contribution in [0.4, 0.5) is 4.79 Å². The summed E-state index contributed by atoms with van der Waals surface area (Å²) in [5.74, 6) is 1.76. The van der Waals surface area contributed by atoms with Gasteiger partial charge in [0.05, 0.1) is 31.9 Å². The van der Waals surface area contributed by atoms with Gasteiger partial charge in [-0.1, -0.05) is 0 Å². The van der Waals surface area contributed by atoms with Crippen LogP contribution in [0.25, 0.3) is 0 Å². The zero-order chi connectivity index (χ0) is 18.7. The summed E-state index contributed by atoms with van der Waals surface area (Å²) in [7, 11) is 1.98. The van der Waals surface area contributed by atoms with E-state index in [4.69, 9.17) is 9.47 Å². The number of ether oxygens (including phenoxy) is 2. The van der Waals surface area contributed by atoms with Crippen LogP contribution in [-0.4, -0.2) is 90.8 Å². The smallest absolute Gasteiger partial charge is 0.410 e. The van der Waals surface area contributed by atoms with Gasteiger partial charge < -0.3 is 14.4 Å². The number of rotatable bonds is 4. The molecule has 5 atom stereocenters. The van der Waals surface area contributed by atoms with E-state index in [-0.39, 0.29) is 24.1 Å². The van der Waals surface area contributed by atoms with Crippen molar-refractivity contribution in [3.8, 4) is 0 Å². The van der Waals surface area contributed by atoms with Crippen molar-refractivity contribution in [1.29, 1.82) is 0 Å². The summed E-state index contributed by atoms with van der Waals surface area (Å²) in [6, 6.07) is 1.26. The van der Waals surface area contributed by atoms with Crippen molar-refractivity contribution in [1.82, 2.24) is 14.7 Å². The van der Waals surface area contributed by atoms with E-state index in [1.165, 1.54) is 12.8 Å². The van der Waals surface area contributed by atoms with Crippen LogP contribution in [0, 0.1) is 17.8 Å². The maximum atomic E-state index is 12.7. The molecule has 0 N–H and O–H groups in total. The van der Waals surface area contributed by atoms with Gasteiger partial charge in [-0.05, 0) is 44.4 Å². The van der Waals surface area contributed by atoms with Gasteiger partial charge >= 0.3 is 6.09 Å². The lowest BCUT2D eigenvalue weighted by molar-refractivity contribution is -0.133. The largest absolute Gasteiger partial charge is 0.450 e. The van der Waals surface area contributed by atoms with E-state index < -0.39 is 0 Å². The second-order valence-corrected chi connectivity index (χ2v) is 9.06. The SMILES string of the molecule is CCOC(=O)N1C2COCC1CC(N1C[C@@H]3[C@H](C1)[C@H]3C(=O)N(C)C1CC1)C2. The number of carbonyl (C=O) groups is 2. The Morgan fingerprint density at radius 2 is 1.70 bits per heavy atom. The van der Waals surface area contributed by atoms with E-state index >= 15 is 0 Å². The number of hydrogen-bond acceptors (Lipinski definition) is 5. The third kappa shape index (κ3) is 3.03. The summed E-state index contributed by atoms with van der Waals surface area (Å²) in [5.41, 5.74) is 0. The van der Waals surface area contributed by atoms with Crippen LogP contribution in [0.2, 0.25) is 0 Å². The van der Waals surface area contributed by atoms with Crippen molar-refractivity contribution in [3.63, 3.8) is 0 Å². The summed E-state index contributed by atoms with van der Waals surface area (Å²) in [6.07, 6.45) is 4.08. The van der Waals surface area contributed by atoms with Gasteiger partial charge in [-0.15, -0.1) is 0 Å². The predicted octanol–water partition coefficient (Wildman–Crippen LogP) is 1.17. The van der Waals surface area contributed by atoms with Crippen LogP contribution < -0.4 is 0 Å². The standard InChI is InChI=1S/C20H31N3O4/c1-3-27-20(25)23-14-6-13(7-15(23)11-26-10-14)22-8-16-17(9-22)18(16)19(24)21(2)12-4-5-12/h12-18H,3-11H2,1-2H3/t13?,14?,15?,16-,17+,18+. The average Bonchev–Trinajstić information content (AvgIpc) is 3.57. The highest BCUT2D eigenvalue weighted by Crippen LogP contribution is 2.54. The molecule has 5 fully saturated rings. The monoisotopic (exact) mass is 377 g/mol. The molecule has 5 aliphatic rings. The maximum Gasteiger partial charge on any atom is 0.410 e. The Kier molecular flexibility index (Phi) is 4.35. The van der Waals surface area contributed by atoms with E-state index in [0.29, 0.717) is 49.6 Å². The van der Waals surface area contributed by atoms with Crippen molar-refractivity contribution in [3.05, 3.63) is 0 Å². The number of morpholine rings is 1. The van der Waals surface area contributed by atoms with Gasteiger partial charge in [-0.3, -0.25) is 14.6 Å². The molecular weight excluding hydrogens is 346 g/mol. The molecule has 7 nitrogen and oxygen atoms in total. The second kappa shape index (κ2) is 6.62. The number of carbonyl (C=O) groups excluding carboxylic acids is 2. The van der Waals surface area contributed by atoms with Gasteiger partial charge in [0.2, 0.25) is 5.91 Å². The molecule has 2 saturated carbocycles. The van der Waals surface area contributed by atoms with Crippen LogP contribution in [0.1, 0.15) is 32.6 Å². The minimum Gasteiger partial charge on any atom is -0.450 e. The van der Waals surface area contributed by atoms with Crippen LogP contribution in [0.15, 0.2) is 0 Å². The van der Waals surface area contributed by atoms with Crippen molar-refractivity contribution in [2.24, 2.45) is 17.8 Å². The van der Waals surface area contributed by atoms with Gasteiger partial charge in [0.1, 0.15) is 0 Å². The van der Waals surface area contributed by atoms with Gasteiger partial charge in [-0.25, -0.2) is 4.79 Å². The fraction of sp³-hybridized carbons (Fsp3) is 0.900. The number of amides is 2. The molecule has 0 spiro atoms. The molecular formula is C20H31N3O4. The lowest BCUT2D eigenvalue weighted by Gasteiger charge is -2.49. The van der Waals surface area contributed by atoms with Crippen molar-refractivity contribution >= 4 is 12.0 Å². The molecule has 0 aromatic heterocycles. The summed E-state index contributed by atoms with van der Waals surface area (Å²) in [5, 5.41) is 0. The molecule has 2 bridgehead atoms. The van der Waals surface area contributed by atoms with Gasteiger partial charge in [-0.2, -0.15) is 0 Å². The normalized spacial score (nSPS) is 40.4. The Morgan fingerprint density at radius 3 is 2.26 bits per heavy atom. The fourth-order valence-corrected chi connectivity index (χ4v) is 5.78. The highest BCUT2D eigenvalue weighted by Gasteiger charge is 2.61. The first kappa shape index (κ1) is 17.7. The summed E-state index contributed by atoms with van der Waals surface area (Å²) in [6.45, 7) is 5.58. The van der Waals surface area contributed by atoms with Gasteiger partial charge in [0.15, 0.2) is 0 Å². The lowest BCUT2D eigenvalue weighted by atomic mass is 9.89. The fourth-order valence-electron chi connectivity index (χ4n) is 5.78. The number of piperidine rings is 2. The molecule has 0 radical (unpaired) electrons. The molecule has 0 aromatic carbocycles. The van der Waals surface area contributed by atoms with Crippen molar-refractivity contribution in [2.45, 2.75) is 56.8 Å². The van der Waals surface area contributed by atoms with Crippen molar-refractivity contribution < 1.29 is 19.1 Å². The number of hydrogen-bond donors (Lipinski definition) is 0. The first-order valence-corrected chi connectivity index (χ1v) is 10.6. The van der Waals surface area contributed by atoms with E-state index in [9.17, 15) is 9.59 Å². The van der Waals surface area contributed by atoms with E-state index in [1.807, 2.05) is 23.8 Å². The quantitative estimate of drug-likeness (QED) is 0.736. The molecule has 7 heteroatoms. The minimum atomic E-state index is -0.188. The maximum absolute atomic E-state index is 12.7. The topological polar surface area (TPSA) is 62.3 Å². The summed E-state index contributed by atoms with van der Waals surface area (Å²) >= 11 is 0. The Labute approximate surface area is 160 Å². The minimum absolute atomic E-state index is 0.122. The van der Waals surface area contributed by atoms with E-state index in [2.05, 4.69) is 4.90 Å². The molecule has 27 heavy (non-hydrogen) atoms. The average molecular weight is 377 g/mol. The first-order chi connectivity index (χ1) is 13.1. The molecule has 0 aromatic rings. The van der Waals surface area contributed by atoms with Crippen molar-refractivity contribution in [2.75, 3.05) is 40.0 Å². The Morgan fingerprint density at radius 1 is 1.07 bits per heavy atom. The molecule has 2 aliphatic carbocycles. The Bertz CT molecular complexity index is 598. The third-order valence-electron chi connectivity index (χ3n) is 7.44. The molecule has 150 valence electrons. The lowest BCUT2D eigenvalue weighted by Crippen LogP contribution is -2.62. The molecule has 2 unspecified atom stereocenters. The summed E-state index contributed by atoms with van der Waals surface area (Å²) in [4.78, 5) is 31.5. The van der Waals surface area contributed by atoms with E-state index in [1.54, 1.807) is 0 Å². The molecule has 5 rings (SSSR count). The highest BCUT2D eigenvalue weighted by atomic mass is 16.6. The Hall–Kier alpha value is -1.34. The number of fused-ring (bicyclic) bond motifs is 3. The first-order valence-electron chi connectivity index (χ1n) is 10.6. The second-order valence-electron chi connectivity index (χ2n) is 9.06. The number of nitrogens with zero attached hydrogens (tertiary/aromatic N) is 3. The van der Waals surface area contributed by atoms with Gasteiger partial charge in [0, 0.05) is 38.1 Å². The third-order valence-corrected chi connectivity index (χ3v) is 7.44. The highest BCUT2D eigenvalue weighted by molar-refractivity contribution is 5.83. The summed E-state index contributed by atoms with van der Waals surface area (Å²) < 4.78 is 11.0. The Balaban J connectivity index is 1.18. The van der Waals surface area contributed by atoms with Crippen LogP contribution in [0.3, 0.4) is 0 Å². The molecule has 2 amide bonds. The van der Waals surface area contributed by atoms with E-state index in [0.717, 1.165) is 25.9 Å². The molecule has 3 heterocycles. The predicted molar refractivity (Wildman–Crippen MR) is 98.1 cm³/mol. The number of likely N-dealkylation sites (tertiary alicyclic amines) is 1. The van der Waals surface area contributed by atoms with Crippen LogP contribution in [-0.2, 0) is 14.3 Å². The molecule has 3 aliphatic heterocycles. The van der Waals surface area contributed by atoms with Crippen LogP contribution >= 0.6 is 0 Å².